The molecule has 1 aliphatic carbocycles. The molecule has 5 nitrogen and oxygen atoms in total. The zero-order valence-corrected chi connectivity index (χ0v) is 12.9. The van der Waals surface area contributed by atoms with Gasteiger partial charge in [0.15, 0.2) is 0 Å². The fourth-order valence-corrected chi connectivity index (χ4v) is 3.30. The molecule has 0 spiro atoms. The van der Waals surface area contributed by atoms with E-state index < -0.39 is 9.84 Å². The van der Waals surface area contributed by atoms with Crippen LogP contribution in [0.3, 0.4) is 0 Å². The average molecular weight is 285 g/mol. The first-order valence-corrected chi connectivity index (χ1v) is 8.67. The molecule has 1 heterocycles. The molecule has 2 rings (SSSR count). The predicted octanol–water partition coefficient (Wildman–Crippen LogP) is 1.16. The number of nitrogens with zero attached hydrogens (tertiary/aromatic N) is 2. The molecule has 1 atom stereocenters. The van der Waals surface area contributed by atoms with Gasteiger partial charge in [0.25, 0.3) is 0 Å². The molecule has 0 saturated heterocycles. The van der Waals surface area contributed by atoms with Crippen molar-refractivity contribution in [3.8, 4) is 0 Å². The summed E-state index contributed by atoms with van der Waals surface area (Å²) in [6.07, 6.45) is 5.18. The van der Waals surface area contributed by atoms with E-state index in [1.165, 1.54) is 17.5 Å². The monoisotopic (exact) mass is 285 g/mol. The van der Waals surface area contributed by atoms with Crippen molar-refractivity contribution in [1.82, 2.24) is 15.1 Å². The van der Waals surface area contributed by atoms with Crippen LogP contribution >= 0.6 is 0 Å². The highest BCUT2D eigenvalue weighted by Gasteiger charge is 2.34. The van der Waals surface area contributed by atoms with Gasteiger partial charge in [-0.1, -0.05) is 13.8 Å². The highest BCUT2D eigenvalue weighted by molar-refractivity contribution is 7.90. The number of aryl methyl sites for hydroxylation is 1. The van der Waals surface area contributed by atoms with Crippen LogP contribution in [0.2, 0.25) is 0 Å². The summed E-state index contributed by atoms with van der Waals surface area (Å²) in [5.74, 6) is 0.145. The van der Waals surface area contributed by atoms with Crippen LogP contribution < -0.4 is 5.32 Å². The normalized spacial score (nSPS) is 22.2. The molecule has 0 fully saturated rings. The van der Waals surface area contributed by atoms with Gasteiger partial charge in [-0.25, -0.2) is 8.42 Å². The van der Waals surface area contributed by atoms with Gasteiger partial charge in [0.1, 0.15) is 9.84 Å². The van der Waals surface area contributed by atoms with Crippen LogP contribution in [-0.2, 0) is 22.8 Å². The summed E-state index contributed by atoms with van der Waals surface area (Å²) in [4.78, 5) is 0. The van der Waals surface area contributed by atoms with Gasteiger partial charge in [-0.3, -0.25) is 4.68 Å². The summed E-state index contributed by atoms with van der Waals surface area (Å²) in [7, 11) is -0.989. The van der Waals surface area contributed by atoms with Crippen molar-refractivity contribution >= 4 is 9.84 Å². The van der Waals surface area contributed by atoms with E-state index in [0.717, 1.165) is 12.8 Å². The quantitative estimate of drug-likeness (QED) is 0.901. The minimum atomic E-state index is -2.95. The summed E-state index contributed by atoms with van der Waals surface area (Å²) in [5.41, 5.74) is 2.61. The third-order valence-corrected chi connectivity index (χ3v) is 4.71. The fourth-order valence-electron chi connectivity index (χ4n) is 2.80. The van der Waals surface area contributed by atoms with E-state index in [1.807, 2.05) is 17.9 Å². The van der Waals surface area contributed by atoms with Crippen molar-refractivity contribution < 1.29 is 8.42 Å². The van der Waals surface area contributed by atoms with Crippen LogP contribution in [0.4, 0.5) is 0 Å². The third kappa shape index (κ3) is 3.36. The van der Waals surface area contributed by atoms with E-state index in [4.69, 9.17) is 0 Å². The van der Waals surface area contributed by atoms with E-state index >= 15 is 0 Å². The topological polar surface area (TPSA) is 64.0 Å². The lowest BCUT2D eigenvalue weighted by molar-refractivity contribution is 0.257. The molecule has 1 aliphatic rings. The number of hydrogen-bond donors (Lipinski definition) is 1. The maximum absolute atomic E-state index is 11.3. The maximum Gasteiger partial charge on any atom is 0.149 e. The molecule has 0 bridgehead atoms. The van der Waals surface area contributed by atoms with Crippen LogP contribution in [0.15, 0.2) is 6.20 Å². The lowest BCUT2D eigenvalue weighted by Crippen LogP contribution is -2.32. The van der Waals surface area contributed by atoms with Crippen molar-refractivity contribution in [2.45, 2.75) is 39.3 Å². The Morgan fingerprint density at radius 3 is 2.79 bits per heavy atom. The summed E-state index contributed by atoms with van der Waals surface area (Å²) in [6.45, 7) is 4.93. The van der Waals surface area contributed by atoms with Gasteiger partial charge < -0.3 is 5.32 Å². The maximum atomic E-state index is 11.3. The van der Waals surface area contributed by atoms with E-state index in [9.17, 15) is 8.42 Å². The zero-order chi connectivity index (χ0) is 14.3. The average Bonchev–Trinajstić information content (AvgIpc) is 2.65. The zero-order valence-electron chi connectivity index (χ0n) is 12.1. The highest BCUT2D eigenvalue weighted by Crippen LogP contribution is 2.40. The molecular formula is C13H23N3O2S. The number of aromatic nitrogens is 2. The number of nitrogens with one attached hydrogen (secondary N) is 1. The highest BCUT2D eigenvalue weighted by atomic mass is 32.2. The first-order valence-electron chi connectivity index (χ1n) is 6.61. The molecule has 1 aromatic rings. The number of rotatable bonds is 4. The van der Waals surface area contributed by atoms with Crippen LogP contribution in [0, 0.1) is 5.41 Å². The minimum absolute atomic E-state index is 0.145. The molecule has 1 N–H and O–H groups in total. The van der Waals surface area contributed by atoms with E-state index in [1.54, 1.807) is 0 Å². The van der Waals surface area contributed by atoms with Crippen molar-refractivity contribution in [3.63, 3.8) is 0 Å². The standard InChI is InChI=1S/C13H23N3O2S/c1-13(2)7-11(14-3)10-9-15-16(12(10)8-13)5-6-19(4,17)18/h9,11,14H,5-8H2,1-4H3. The van der Waals surface area contributed by atoms with Crippen LogP contribution in [0.1, 0.15) is 37.6 Å². The van der Waals surface area contributed by atoms with E-state index in [0.29, 0.717) is 12.6 Å². The summed E-state index contributed by atoms with van der Waals surface area (Å²) >= 11 is 0. The lowest BCUT2D eigenvalue weighted by Gasteiger charge is -2.35. The van der Waals surface area contributed by atoms with E-state index in [-0.39, 0.29) is 11.2 Å². The second kappa shape index (κ2) is 4.90. The molecule has 108 valence electrons. The number of fused-ring (bicyclic) bond motifs is 1. The molecule has 6 heteroatoms. The van der Waals surface area contributed by atoms with Crippen molar-refractivity contribution in [1.29, 1.82) is 0 Å². The van der Waals surface area contributed by atoms with Crippen LogP contribution in [0.25, 0.3) is 0 Å². The van der Waals surface area contributed by atoms with E-state index in [2.05, 4.69) is 24.3 Å². The Balaban J connectivity index is 2.28. The predicted molar refractivity (Wildman–Crippen MR) is 75.8 cm³/mol. The van der Waals surface area contributed by atoms with Gasteiger partial charge >= 0.3 is 0 Å². The van der Waals surface area contributed by atoms with Gasteiger partial charge in [0, 0.05) is 23.6 Å². The molecular weight excluding hydrogens is 262 g/mol. The molecule has 0 saturated carbocycles. The molecule has 1 aromatic heterocycles. The Hall–Kier alpha value is -0.880. The molecule has 0 aromatic carbocycles. The first kappa shape index (κ1) is 14.5. The first-order chi connectivity index (χ1) is 8.72. The summed E-state index contributed by atoms with van der Waals surface area (Å²) in [5, 5.41) is 7.71. The Bertz CT molecular complexity index is 560. The Labute approximate surface area is 115 Å². The number of hydrogen-bond acceptors (Lipinski definition) is 4. The van der Waals surface area contributed by atoms with Crippen molar-refractivity contribution in [3.05, 3.63) is 17.5 Å². The van der Waals surface area contributed by atoms with Crippen LogP contribution in [-0.4, -0.2) is 37.3 Å². The fraction of sp³-hybridized carbons (Fsp3) is 0.769. The number of sulfone groups is 1. The minimum Gasteiger partial charge on any atom is -0.313 e. The van der Waals surface area contributed by atoms with Gasteiger partial charge in [0.05, 0.1) is 18.5 Å². The SMILES string of the molecule is CNC1CC(C)(C)Cc2c1cnn2CCS(C)(=O)=O. The van der Waals surface area contributed by atoms with Gasteiger partial charge in [-0.05, 0) is 25.3 Å². The molecule has 0 aliphatic heterocycles. The van der Waals surface area contributed by atoms with Crippen LogP contribution in [0.5, 0.6) is 0 Å². The molecule has 19 heavy (non-hydrogen) atoms. The summed E-state index contributed by atoms with van der Waals surface area (Å²) in [6, 6.07) is 0.311. The van der Waals surface area contributed by atoms with Crippen molar-refractivity contribution in [2.75, 3.05) is 19.1 Å². The van der Waals surface area contributed by atoms with Crippen molar-refractivity contribution in [2.24, 2.45) is 5.41 Å². The summed E-state index contributed by atoms with van der Waals surface area (Å²) < 4.78 is 24.4. The molecule has 0 amide bonds. The second-order valence-corrected chi connectivity index (χ2v) is 8.55. The largest absolute Gasteiger partial charge is 0.313 e. The molecule has 1 unspecified atom stereocenters. The smallest absolute Gasteiger partial charge is 0.149 e. The molecule has 0 radical (unpaired) electrons. The van der Waals surface area contributed by atoms with Gasteiger partial charge in [0.2, 0.25) is 0 Å². The Kier molecular flexibility index (Phi) is 3.75. The second-order valence-electron chi connectivity index (χ2n) is 6.29. The van der Waals surface area contributed by atoms with Gasteiger partial charge in [-0.2, -0.15) is 5.10 Å². The third-order valence-electron chi connectivity index (χ3n) is 3.78. The Morgan fingerprint density at radius 1 is 1.53 bits per heavy atom. The Morgan fingerprint density at radius 2 is 2.21 bits per heavy atom. The van der Waals surface area contributed by atoms with Gasteiger partial charge in [-0.15, -0.1) is 0 Å². The lowest BCUT2D eigenvalue weighted by atomic mass is 9.74.